The summed E-state index contributed by atoms with van der Waals surface area (Å²) in [5.74, 6) is -0.810. The summed E-state index contributed by atoms with van der Waals surface area (Å²) < 4.78 is 18.2. The van der Waals surface area contributed by atoms with Gasteiger partial charge in [-0.3, -0.25) is 4.79 Å². The molecule has 0 bridgehead atoms. The van der Waals surface area contributed by atoms with Crippen LogP contribution in [0.2, 0.25) is 0 Å². The van der Waals surface area contributed by atoms with Crippen molar-refractivity contribution in [3.8, 4) is 5.75 Å². The van der Waals surface area contributed by atoms with E-state index in [0.717, 1.165) is 0 Å². The summed E-state index contributed by atoms with van der Waals surface area (Å²) in [6.45, 7) is 0. The van der Waals surface area contributed by atoms with Crippen LogP contribution in [-0.2, 0) is 0 Å². The van der Waals surface area contributed by atoms with E-state index in [1.165, 1.54) is 31.5 Å². The molecule has 0 fully saturated rings. The van der Waals surface area contributed by atoms with Crippen molar-refractivity contribution in [3.05, 3.63) is 42.0 Å². The smallest absolute Gasteiger partial charge is 0.272 e. The molecule has 0 aliphatic heterocycles. The molecule has 0 aliphatic carbocycles. The molecule has 1 amide bonds. The highest BCUT2D eigenvalue weighted by molar-refractivity contribution is 6.03. The molecule has 0 saturated carbocycles. The third kappa shape index (κ3) is 2.42. The molecule has 2 aromatic rings. The maximum absolute atomic E-state index is 13.4. The van der Waals surface area contributed by atoms with Crippen LogP contribution in [0.1, 0.15) is 10.5 Å². The van der Waals surface area contributed by atoms with Gasteiger partial charge in [-0.2, -0.15) is 0 Å². The average Bonchev–Trinajstić information content (AvgIpc) is 2.76. The average molecular weight is 249 g/mol. The van der Waals surface area contributed by atoms with Gasteiger partial charge in [-0.1, -0.05) is 0 Å². The Morgan fingerprint density at radius 1 is 1.44 bits per heavy atom. The molecular weight excluding hydrogens is 237 g/mol. The van der Waals surface area contributed by atoms with Gasteiger partial charge in [0.25, 0.3) is 5.91 Å². The number of anilines is 2. The number of halogens is 1. The van der Waals surface area contributed by atoms with Gasteiger partial charge in [-0.25, -0.2) is 4.39 Å². The molecule has 4 N–H and O–H groups in total. The van der Waals surface area contributed by atoms with E-state index in [1.54, 1.807) is 6.07 Å². The zero-order valence-electron chi connectivity index (χ0n) is 9.66. The van der Waals surface area contributed by atoms with Crippen LogP contribution in [0, 0.1) is 5.82 Å². The molecular formula is C12H12FN3O2. The maximum Gasteiger partial charge on any atom is 0.272 e. The lowest BCUT2D eigenvalue weighted by Crippen LogP contribution is -2.12. The van der Waals surface area contributed by atoms with Crippen molar-refractivity contribution in [2.45, 2.75) is 0 Å². The third-order valence-corrected chi connectivity index (χ3v) is 2.36. The zero-order valence-corrected chi connectivity index (χ0v) is 9.66. The molecule has 0 radical (unpaired) electrons. The quantitative estimate of drug-likeness (QED) is 0.778. The van der Waals surface area contributed by atoms with E-state index in [9.17, 15) is 9.18 Å². The van der Waals surface area contributed by atoms with Crippen molar-refractivity contribution in [3.63, 3.8) is 0 Å². The minimum absolute atomic E-state index is 0.122. The number of carbonyl (C=O) groups excluding carboxylic acids is 1. The fourth-order valence-electron chi connectivity index (χ4n) is 1.48. The number of rotatable bonds is 3. The summed E-state index contributed by atoms with van der Waals surface area (Å²) in [5.41, 5.74) is 6.59. The molecule has 1 aromatic carbocycles. The second-order valence-corrected chi connectivity index (χ2v) is 3.65. The Morgan fingerprint density at radius 2 is 2.22 bits per heavy atom. The van der Waals surface area contributed by atoms with Crippen molar-refractivity contribution in [2.75, 3.05) is 18.2 Å². The summed E-state index contributed by atoms with van der Waals surface area (Å²) in [6.07, 6.45) is 1.50. The normalized spacial score (nSPS) is 10.1. The highest BCUT2D eigenvalue weighted by atomic mass is 19.1. The summed E-state index contributed by atoms with van der Waals surface area (Å²) in [6, 6.07) is 5.67. The number of hydrogen-bond donors (Lipinski definition) is 3. The van der Waals surface area contributed by atoms with Gasteiger partial charge in [0.2, 0.25) is 0 Å². The number of amides is 1. The fraction of sp³-hybridized carbons (Fsp3) is 0.0833. The standard InChI is InChI=1S/C12H12FN3O2/c1-18-11-3-2-8(5-9(11)13)16-12(17)10-4-7(14)6-15-10/h2-6,15H,14H2,1H3,(H,16,17). The predicted molar refractivity (Wildman–Crippen MR) is 66.1 cm³/mol. The lowest BCUT2D eigenvalue weighted by atomic mass is 10.2. The van der Waals surface area contributed by atoms with Crippen molar-refractivity contribution < 1.29 is 13.9 Å². The number of aromatic amines is 1. The van der Waals surface area contributed by atoms with Crippen LogP contribution in [0.3, 0.4) is 0 Å². The number of ether oxygens (including phenoxy) is 1. The monoisotopic (exact) mass is 249 g/mol. The van der Waals surface area contributed by atoms with Gasteiger partial charge in [-0.15, -0.1) is 0 Å². The van der Waals surface area contributed by atoms with E-state index in [4.69, 9.17) is 10.5 Å². The molecule has 1 aromatic heterocycles. The molecule has 0 unspecified atom stereocenters. The molecule has 18 heavy (non-hydrogen) atoms. The van der Waals surface area contributed by atoms with Crippen molar-refractivity contribution in [1.82, 2.24) is 4.98 Å². The largest absolute Gasteiger partial charge is 0.494 e. The highest BCUT2D eigenvalue weighted by Crippen LogP contribution is 2.21. The van der Waals surface area contributed by atoms with E-state index in [2.05, 4.69) is 10.3 Å². The van der Waals surface area contributed by atoms with Crippen LogP contribution in [0.15, 0.2) is 30.5 Å². The number of nitrogens with two attached hydrogens (primary N) is 1. The maximum atomic E-state index is 13.4. The van der Waals surface area contributed by atoms with Gasteiger partial charge in [-0.05, 0) is 18.2 Å². The van der Waals surface area contributed by atoms with Gasteiger partial charge in [0, 0.05) is 23.6 Å². The minimum atomic E-state index is -0.540. The Balaban J connectivity index is 2.14. The lowest BCUT2D eigenvalue weighted by molar-refractivity contribution is 0.102. The van der Waals surface area contributed by atoms with E-state index in [-0.39, 0.29) is 5.75 Å². The topological polar surface area (TPSA) is 80.1 Å². The summed E-state index contributed by atoms with van der Waals surface area (Å²) in [5, 5.41) is 2.54. The molecule has 2 rings (SSSR count). The molecule has 0 atom stereocenters. The van der Waals surface area contributed by atoms with Gasteiger partial charge >= 0.3 is 0 Å². The molecule has 0 saturated heterocycles. The number of hydrogen-bond acceptors (Lipinski definition) is 3. The van der Waals surface area contributed by atoms with E-state index >= 15 is 0 Å². The zero-order chi connectivity index (χ0) is 13.1. The molecule has 0 spiro atoms. The van der Waals surface area contributed by atoms with E-state index in [0.29, 0.717) is 17.1 Å². The van der Waals surface area contributed by atoms with Crippen LogP contribution >= 0.6 is 0 Å². The number of benzene rings is 1. The number of nitrogens with one attached hydrogen (secondary N) is 2. The fourth-order valence-corrected chi connectivity index (χ4v) is 1.48. The first-order chi connectivity index (χ1) is 8.60. The summed E-state index contributed by atoms with van der Waals surface area (Å²) in [7, 11) is 1.37. The van der Waals surface area contributed by atoms with Crippen molar-refractivity contribution in [1.29, 1.82) is 0 Å². The van der Waals surface area contributed by atoms with Crippen LogP contribution in [0.5, 0.6) is 5.75 Å². The summed E-state index contributed by atoms with van der Waals surface area (Å²) >= 11 is 0. The Labute approximate surface area is 103 Å². The molecule has 0 aliphatic rings. The Bertz CT molecular complexity index is 580. The number of aromatic nitrogens is 1. The molecule has 5 nitrogen and oxygen atoms in total. The van der Waals surface area contributed by atoms with Crippen LogP contribution < -0.4 is 15.8 Å². The van der Waals surface area contributed by atoms with Gasteiger partial charge in [0.15, 0.2) is 11.6 Å². The third-order valence-electron chi connectivity index (χ3n) is 2.36. The Kier molecular flexibility index (Phi) is 3.18. The van der Waals surface area contributed by atoms with E-state index in [1.807, 2.05) is 0 Å². The first kappa shape index (κ1) is 12.0. The Morgan fingerprint density at radius 3 is 2.78 bits per heavy atom. The molecule has 1 heterocycles. The van der Waals surface area contributed by atoms with Gasteiger partial charge < -0.3 is 20.8 Å². The first-order valence-corrected chi connectivity index (χ1v) is 5.19. The van der Waals surface area contributed by atoms with Crippen molar-refractivity contribution in [2.24, 2.45) is 0 Å². The summed E-state index contributed by atoms with van der Waals surface area (Å²) in [4.78, 5) is 14.4. The number of H-pyrrole nitrogens is 1. The molecule has 6 heteroatoms. The lowest BCUT2D eigenvalue weighted by Gasteiger charge is -2.06. The number of carbonyl (C=O) groups is 1. The number of nitrogen functional groups attached to an aromatic ring is 1. The SMILES string of the molecule is COc1ccc(NC(=O)c2cc(N)c[nH]2)cc1F. The van der Waals surface area contributed by atoms with Gasteiger partial charge in [0.1, 0.15) is 5.69 Å². The van der Waals surface area contributed by atoms with E-state index < -0.39 is 11.7 Å². The number of methoxy groups -OCH3 is 1. The van der Waals surface area contributed by atoms with Crippen LogP contribution in [-0.4, -0.2) is 18.0 Å². The highest BCUT2D eigenvalue weighted by Gasteiger charge is 2.10. The first-order valence-electron chi connectivity index (χ1n) is 5.19. The predicted octanol–water partition coefficient (Wildman–Crippen LogP) is 2.00. The van der Waals surface area contributed by atoms with Crippen LogP contribution in [0.4, 0.5) is 15.8 Å². The molecule has 94 valence electrons. The second kappa shape index (κ2) is 4.79. The van der Waals surface area contributed by atoms with Crippen molar-refractivity contribution >= 4 is 17.3 Å². The minimum Gasteiger partial charge on any atom is -0.494 e. The van der Waals surface area contributed by atoms with Gasteiger partial charge in [0.05, 0.1) is 7.11 Å². The van der Waals surface area contributed by atoms with Crippen LogP contribution in [0.25, 0.3) is 0 Å². The Hall–Kier alpha value is -2.50. The second-order valence-electron chi connectivity index (χ2n) is 3.65.